The van der Waals surface area contributed by atoms with Gasteiger partial charge in [-0.25, -0.2) is 0 Å². The summed E-state index contributed by atoms with van der Waals surface area (Å²) in [5.41, 5.74) is 1.31. The van der Waals surface area contributed by atoms with Crippen molar-refractivity contribution < 1.29 is 0 Å². The van der Waals surface area contributed by atoms with Crippen molar-refractivity contribution in [3.8, 4) is 12.0 Å². The van der Waals surface area contributed by atoms with Crippen molar-refractivity contribution in [2.24, 2.45) is 0 Å². The summed E-state index contributed by atoms with van der Waals surface area (Å²) in [6, 6.07) is 13.7. The van der Waals surface area contributed by atoms with Gasteiger partial charge in [0.25, 0.3) is 0 Å². The number of nitrogens with zero attached hydrogens (tertiary/aromatic N) is 1. The molecule has 15 heavy (non-hydrogen) atoms. The van der Waals surface area contributed by atoms with Gasteiger partial charge in [-0.2, -0.15) is 0 Å². The van der Waals surface area contributed by atoms with Gasteiger partial charge in [0.2, 0.25) is 0 Å². The van der Waals surface area contributed by atoms with Crippen molar-refractivity contribution in [3.05, 3.63) is 35.9 Å². The zero-order valence-corrected chi connectivity index (χ0v) is 9.08. The Labute approximate surface area is 92.1 Å². The Kier molecular flexibility index (Phi) is 3.68. The Bertz CT molecular complexity index is 339. The monoisotopic (exact) mass is 199 g/mol. The van der Waals surface area contributed by atoms with Gasteiger partial charge in [-0.05, 0) is 24.8 Å². The topological polar surface area (TPSA) is 3.24 Å². The van der Waals surface area contributed by atoms with Crippen LogP contribution in [0.2, 0.25) is 0 Å². The zero-order chi connectivity index (χ0) is 10.3. The predicted molar refractivity (Wildman–Crippen MR) is 63.3 cm³/mol. The normalized spacial score (nSPS) is 15.6. The van der Waals surface area contributed by atoms with E-state index in [1.165, 1.54) is 24.8 Å². The van der Waals surface area contributed by atoms with Crippen molar-refractivity contribution in [1.29, 1.82) is 0 Å². The second kappa shape index (κ2) is 5.46. The molecule has 0 spiro atoms. The van der Waals surface area contributed by atoms with E-state index in [1.54, 1.807) is 0 Å². The minimum Gasteiger partial charge on any atom is -0.333 e. The minimum absolute atomic E-state index is 0.872. The molecule has 78 valence electrons. The number of benzene rings is 1. The molecule has 0 bridgehead atoms. The first-order chi connectivity index (χ1) is 7.45. The third-order valence-corrected chi connectivity index (χ3v) is 2.73. The highest BCUT2D eigenvalue weighted by Crippen LogP contribution is 2.06. The van der Waals surface area contributed by atoms with Crippen molar-refractivity contribution in [2.45, 2.75) is 25.7 Å². The first-order valence-electron chi connectivity index (χ1n) is 5.72. The highest BCUT2D eigenvalue weighted by Gasteiger charge is 2.04. The molecule has 0 N–H and O–H groups in total. The molecule has 1 saturated heterocycles. The number of hydrogen-bond donors (Lipinski definition) is 0. The Morgan fingerprint density at radius 3 is 2.47 bits per heavy atom. The van der Waals surface area contributed by atoms with Crippen LogP contribution >= 0.6 is 0 Å². The van der Waals surface area contributed by atoms with Crippen LogP contribution in [0.4, 0.5) is 0 Å². The molecule has 0 aromatic heterocycles. The maximum absolute atomic E-state index is 3.25. The largest absolute Gasteiger partial charge is 0.333 e. The van der Waals surface area contributed by atoms with Crippen LogP contribution in [0.15, 0.2) is 30.3 Å². The standard InChI is InChI=1S/C14H17N/c1-3-8-14(9-4-1)10-7-13-15-11-5-2-6-12-15/h1,3-4,8-9H,2,5-6,10-12H2. The lowest BCUT2D eigenvalue weighted by molar-refractivity contribution is 0.326. The van der Waals surface area contributed by atoms with E-state index in [1.807, 2.05) is 6.07 Å². The smallest absolute Gasteiger partial charge is 0.0358 e. The third kappa shape index (κ3) is 3.32. The molecule has 1 aromatic rings. The zero-order valence-electron chi connectivity index (χ0n) is 9.08. The molecule has 0 amide bonds. The number of likely N-dealkylation sites (tertiary alicyclic amines) is 1. The fourth-order valence-electron chi connectivity index (χ4n) is 1.85. The first kappa shape index (κ1) is 10.1. The Morgan fingerprint density at radius 1 is 1.00 bits per heavy atom. The van der Waals surface area contributed by atoms with Gasteiger partial charge < -0.3 is 4.90 Å². The van der Waals surface area contributed by atoms with Gasteiger partial charge in [0.15, 0.2) is 0 Å². The van der Waals surface area contributed by atoms with E-state index in [0.717, 1.165) is 19.5 Å². The van der Waals surface area contributed by atoms with Crippen LogP contribution in [-0.4, -0.2) is 18.0 Å². The average molecular weight is 199 g/mol. The van der Waals surface area contributed by atoms with Crippen LogP contribution in [0.1, 0.15) is 24.8 Å². The second-order valence-corrected chi connectivity index (χ2v) is 4.00. The lowest BCUT2D eigenvalue weighted by atomic mass is 10.1. The van der Waals surface area contributed by atoms with Crippen molar-refractivity contribution in [3.63, 3.8) is 0 Å². The minimum atomic E-state index is 0.872. The Balaban J connectivity index is 1.84. The summed E-state index contributed by atoms with van der Waals surface area (Å²) < 4.78 is 0. The summed E-state index contributed by atoms with van der Waals surface area (Å²) in [6.07, 6.45) is 4.86. The number of piperidine rings is 1. The molecular formula is C14H17N. The predicted octanol–water partition coefficient (Wildman–Crippen LogP) is 2.68. The molecule has 0 unspecified atom stereocenters. The summed E-state index contributed by atoms with van der Waals surface area (Å²) in [5, 5.41) is 0. The van der Waals surface area contributed by atoms with Gasteiger partial charge in [-0.15, -0.1) is 0 Å². The maximum Gasteiger partial charge on any atom is 0.0358 e. The molecule has 0 saturated carbocycles. The van der Waals surface area contributed by atoms with Gasteiger partial charge in [0.1, 0.15) is 0 Å². The average Bonchev–Trinajstić information content (AvgIpc) is 2.32. The molecule has 1 heteroatoms. The molecule has 0 aliphatic carbocycles. The van der Waals surface area contributed by atoms with Gasteiger partial charge in [-0.3, -0.25) is 0 Å². The van der Waals surface area contributed by atoms with Crippen molar-refractivity contribution in [2.75, 3.05) is 13.1 Å². The fraction of sp³-hybridized carbons (Fsp3) is 0.429. The SMILES string of the molecule is C(#CN1CCCCC1)Cc1ccccc1. The van der Waals surface area contributed by atoms with Gasteiger partial charge in [-0.1, -0.05) is 36.3 Å². The van der Waals surface area contributed by atoms with Crippen molar-refractivity contribution >= 4 is 0 Å². The number of rotatable bonds is 1. The lowest BCUT2D eigenvalue weighted by Gasteiger charge is -2.21. The van der Waals surface area contributed by atoms with Crippen LogP contribution in [0, 0.1) is 12.0 Å². The summed E-state index contributed by atoms with van der Waals surface area (Å²) in [7, 11) is 0. The molecule has 0 atom stereocenters. The van der Waals surface area contributed by atoms with E-state index in [9.17, 15) is 0 Å². The fourth-order valence-corrected chi connectivity index (χ4v) is 1.85. The van der Waals surface area contributed by atoms with Crippen LogP contribution in [0.3, 0.4) is 0 Å². The molecule has 1 aliphatic rings. The van der Waals surface area contributed by atoms with Crippen LogP contribution in [-0.2, 0) is 6.42 Å². The summed E-state index contributed by atoms with van der Waals surface area (Å²) in [5.74, 6) is 3.25. The Hall–Kier alpha value is -1.42. The van der Waals surface area contributed by atoms with E-state index in [-0.39, 0.29) is 0 Å². The highest BCUT2D eigenvalue weighted by atomic mass is 15.1. The van der Waals surface area contributed by atoms with Gasteiger partial charge in [0, 0.05) is 25.6 Å². The lowest BCUT2D eigenvalue weighted by Crippen LogP contribution is -2.24. The Morgan fingerprint density at radius 2 is 1.73 bits per heavy atom. The molecule has 1 heterocycles. The molecule has 2 rings (SSSR count). The quantitative estimate of drug-likeness (QED) is 0.628. The molecule has 1 fully saturated rings. The molecular weight excluding hydrogens is 182 g/mol. The maximum atomic E-state index is 3.25. The summed E-state index contributed by atoms with van der Waals surface area (Å²) in [4.78, 5) is 2.26. The van der Waals surface area contributed by atoms with Gasteiger partial charge >= 0.3 is 0 Å². The number of hydrogen-bond acceptors (Lipinski definition) is 1. The molecule has 1 aromatic carbocycles. The van der Waals surface area contributed by atoms with Gasteiger partial charge in [0.05, 0.1) is 0 Å². The van der Waals surface area contributed by atoms with Crippen molar-refractivity contribution in [1.82, 2.24) is 4.90 Å². The molecule has 1 nitrogen and oxygen atoms in total. The molecule has 0 radical (unpaired) electrons. The van der Waals surface area contributed by atoms with E-state index < -0.39 is 0 Å². The summed E-state index contributed by atoms with van der Waals surface area (Å²) >= 11 is 0. The van der Waals surface area contributed by atoms with E-state index >= 15 is 0 Å². The first-order valence-corrected chi connectivity index (χ1v) is 5.72. The summed E-state index contributed by atoms with van der Waals surface area (Å²) in [6.45, 7) is 2.31. The molecule has 1 aliphatic heterocycles. The van der Waals surface area contributed by atoms with E-state index in [0.29, 0.717) is 0 Å². The van der Waals surface area contributed by atoms with E-state index in [2.05, 4.69) is 41.1 Å². The third-order valence-electron chi connectivity index (χ3n) is 2.73. The van der Waals surface area contributed by atoms with Crippen LogP contribution in [0.5, 0.6) is 0 Å². The second-order valence-electron chi connectivity index (χ2n) is 4.00. The van der Waals surface area contributed by atoms with E-state index in [4.69, 9.17) is 0 Å². The van der Waals surface area contributed by atoms with Crippen LogP contribution < -0.4 is 0 Å². The highest BCUT2D eigenvalue weighted by molar-refractivity contribution is 5.20. The van der Waals surface area contributed by atoms with Crippen LogP contribution in [0.25, 0.3) is 0 Å².